The Bertz CT molecular complexity index is 213. The standard InChI is InChI=1S/C8H14N2O3/c1-5(8(12)13)9-4-7(11)10-6-2-3-6/h5-6,9H,2-4H2,1H3,(H,10,11)(H,12,13). The summed E-state index contributed by atoms with van der Waals surface area (Å²) in [5.41, 5.74) is 0. The molecule has 0 aliphatic heterocycles. The maximum absolute atomic E-state index is 11.1. The fourth-order valence-corrected chi connectivity index (χ4v) is 0.839. The van der Waals surface area contributed by atoms with Gasteiger partial charge in [-0.15, -0.1) is 0 Å². The predicted octanol–water partition coefficient (Wildman–Crippen LogP) is -0.672. The molecule has 1 rings (SSSR count). The molecule has 1 fully saturated rings. The zero-order valence-corrected chi connectivity index (χ0v) is 7.54. The van der Waals surface area contributed by atoms with Crippen LogP contribution < -0.4 is 10.6 Å². The zero-order valence-electron chi connectivity index (χ0n) is 7.54. The molecular formula is C8H14N2O3. The Kier molecular flexibility index (Phi) is 3.25. The summed E-state index contributed by atoms with van der Waals surface area (Å²) >= 11 is 0. The summed E-state index contributed by atoms with van der Waals surface area (Å²) in [5, 5.41) is 13.9. The largest absolute Gasteiger partial charge is 0.480 e. The van der Waals surface area contributed by atoms with E-state index >= 15 is 0 Å². The first-order valence-corrected chi connectivity index (χ1v) is 4.35. The van der Waals surface area contributed by atoms with Crippen LogP contribution >= 0.6 is 0 Å². The third kappa shape index (κ3) is 3.89. The average Bonchev–Trinajstić information content (AvgIpc) is 2.83. The van der Waals surface area contributed by atoms with Gasteiger partial charge in [0.25, 0.3) is 0 Å². The topological polar surface area (TPSA) is 78.4 Å². The van der Waals surface area contributed by atoms with E-state index in [0.29, 0.717) is 6.04 Å². The van der Waals surface area contributed by atoms with Gasteiger partial charge in [-0.2, -0.15) is 0 Å². The van der Waals surface area contributed by atoms with Crippen molar-refractivity contribution in [2.45, 2.75) is 31.8 Å². The maximum Gasteiger partial charge on any atom is 0.320 e. The van der Waals surface area contributed by atoms with E-state index in [-0.39, 0.29) is 12.5 Å². The number of carbonyl (C=O) groups excluding carboxylic acids is 1. The lowest BCUT2D eigenvalue weighted by atomic mass is 10.3. The minimum Gasteiger partial charge on any atom is -0.480 e. The van der Waals surface area contributed by atoms with Crippen molar-refractivity contribution in [2.75, 3.05) is 6.54 Å². The van der Waals surface area contributed by atoms with Gasteiger partial charge in [-0.3, -0.25) is 14.9 Å². The van der Waals surface area contributed by atoms with Crippen LogP contribution in [0.3, 0.4) is 0 Å². The van der Waals surface area contributed by atoms with Crippen molar-refractivity contribution >= 4 is 11.9 Å². The van der Waals surface area contributed by atoms with Crippen LogP contribution in [0.2, 0.25) is 0 Å². The van der Waals surface area contributed by atoms with Gasteiger partial charge in [0.2, 0.25) is 5.91 Å². The van der Waals surface area contributed by atoms with Crippen LogP contribution in [0, 0.1) is 0 Å². The molecule has 0 aromatic heterocycles. The van der Waals surface area contributed by atoms with Crippen LogP contribution in [0.15, 0.2) is 0 Å². The second-order valence-corrected chi connectivity index (χ2v) is 3.28. The quantitative estimate of drug-likeness (QED) is 0.532. The lowest BCUT2D eigenvalue weighted by Crippen LogP contribution is -2.41. The Labute approximate surface area is 76.5 Å². The second kappa shape index (κ2) is 4.23. The summed E-state index contributed by atoms with van der Waals surface area (Å²) < 4.78 is 0. The third-order valence-corrected chi connectivity index (χ3v) is 1.88. The average molecular weight is 186 g/mol. The van der Waals surface area contributed by atoms with Crippen molar-refractivity contribution in [3.05, 3.63) is 0 Å². The van der Waals surface area contributed by atoms with E-state index in [1.165, 1.54) is 6.92 Å². The zero-order chi connectivity index (χ0) is 9.84. The highest BCUT2D eigenvalue weighted by molar-refractivity contribution is 5.80. The monoisotopic (exact) mass is 186 g/mol. The van der Waals surface area contributed by atoms with Gasteiger partial charge in [0, 0.05) is 6.04 Å². The molecule has 1 saturated carbocycles. The van der Waals surface area contributed by atoms with Crippen LogP contribution in [0.25, 0.3) is 0 Å². The lowest BCUT2D eigenvalue weighted by molar-refractivity contribution is -0.139. The van der Waals surface area contributed by atoms with Gasteiger partial charge < -0.3 is 10.4 Å². The van der Waals surface area contributed by atoms with E-state index < -0.39 is 12.0 Å². The lowest BCUT2D eigenvalue weighted by Gasteiger charge is -2.08. The molecule has 0 aromatic carbocycles. The maximum atomic E-state index is 11.1. The second-order valence-electron chi connectivity index (χ2n) is 3.28. The van der Waals surface area contributed by atoms with E-state index in [4.69, 9.17) is 5.11 Å². The van der Waals surface area contributed by atoms with Gasteiger partial charge in [-0.05, 0) is 19.8 Å². The Balaban J connectivity index is 2.09. The Morgan fingerprint density at radius 3 is 2.62 bits per heavy atom. The molecule has 0 bridgehead atoms. The van der Waals surface area contributed by atoms with Crippen molar-refractivity contribution < 1.29 is 14.7 Å². The van der Waals surface area contributed by atoms with Crippen LogP contribution in [-0.2, 0) is 9.59 Å². The van der Waals surface area contributed by atoms with Gasteiger partial charge >= 0.3 is 5.97 Å². The Hall–Kier alpha value is -1.10. The molecule has 0 heterocycles. The first kappa shape index (κ1) is 9.98. The summed E-state index contributed by atoms with van der Waals surface area (Å²) in [5.74, 6) is -1.07. The van der Waals surface area contributed by atoms with Crippen molar-refractivity contribution in [2.24, 2.45) is 0 Å². The smallest absolute Gasteiger partial charge is 0.320 e. The number of amides is 1. The molecular weight excluding hydrogens is 172 g/mol. The minimum absolute atomic E-state index is 0.0734. The molecule has 0 saturated heterocycles. The van der Waals surface area contributed by atoms with E-state index in [2.05, 4.69) is 10.6 Å². The minimum atomic E-state index is -0.945. The molecule has 5 nitrogen and oxygen atoms in total. The van der Waals surface area contributed by atoms with Crippen molar-refractivity contribution in [3.8, 4) is 0 Å². The van der Waals surface area contributed by atoms with Crippen molar-refractivity contribution in [3.63, 3.8) is 0 Å². The van der Waals surface area contributed by atoms with Crippen molar-refractivity contribution in [1.82, 2.24) is 10.6 Å². The van der Waals surface area contributed by atoms with Gasteiger partial charge in [0.15, 0.2) is 0 Å². The van der Waals surface area contributed by atoms with Gasteiger partial charge in [0.05, 0.1) is 6.54 Å². The molecule has 0 radical (unpaired) electrons. The van der Waals surface area contributed by atoms with Gasteiger partial charge in [-0.25, -0.2) is 0 Å². The SMILES string of the molecule is CC(NCC(=O)NC1CC1)C(=O)O. The highest BCUT2D eigenvalue weighted by Gasteiger charge is 2.23. The molecule has 1 aliphatic rings. The summed E-state index contributed by atoms with van der Waals surface area (Å²) in [6, 6.07) is -0.348. The first-order chi connectivity index (χ1) is 6.09. The molecule has 5 heteroatoms. The van der Waals surface area contributed by atoms with Crippen molar-refractivity contribution in [1.29, 1.82) is 0 Å². The molecule has 74 valence electrons. The summed E-state index contributed by atoms with van der Waals surface area (Å²) in [6.07, 6.45) is 2.08. The number of hydrogen-bond donors (Lipinski definition) is 3. The van der Waals surface area contributed by atoms with Crippen LogP contribution in [0.5, 0.6) is 0 Å². The van der Waals surface area contributed by atoms with E-state index in [1.807, 2.05) is 0 Å². The van der Waals surface area contributed by atoms with Crippen LogP contribution in [0.4, 0.5) is 0 Å². The number of aliphatic carboxylic acids is 1. The number of nitrogens with one attached hydrogen (secondary N) is 2. The van der Waals surface area contributed by atoms with E-state index in [0.717, 1.165) is 12.8 Å². The molecule has 0 aromatic rings. The fraction of sp³-hybridized carbons (Fsp3) is 0.750. The highest BCUT2D eigenvalue weighted by atomic mass is 16.4. The Morgan fingerprint density at radius 1 is 1.54 bits per heavy atom. The van der Waals surface area contributed by atoms with E-state index in [9.17, 15) is 9.59 Å². The Morgan fingerprint density at radius 2 is 2.15 bits per heavy atom. The highest BCUT2D eigenvalue weighted by Crippen LogP contribution is 2.18. The molecule has 3 N–H and O–H groups in total. The number of carboxylic acids is 1. The molecule has 1 unspecified atom stereocenters. The number of rotatable bonds is 5. The molecule has 0 spiro atoms. The van der Waals surface area contributed by atoms with E-state index in [1.54, 1.807) is 0 Å². The summed E-state index contributed by atoms with van der Waals surface area (Å²) in [4.78, 5) is 21.4. The van der Waals surface area contributed by atoms with Crippen LogP contribution in [0.1, 0.15) is 19.8 Å². The first-order valence-electron chi connectivity index (χ1n) is 4.35. The summed E-state index contributed by atoms with van der Waals surface area (Å²) in [6.45, 7) is 1.58. The van der Waals surface area contributed by atoms with Gasteiger partial charge in [0.1, 0.15) is 6.04 Å². The third-order valence-electron chi connectivity index (χ3n) is 1.88. The molecule has 1 amide bonds. The number of hydrogen-bond acceptors (Lipinski definition) is 3. The molecule has 1 aliphatic carbocycles. The molecule has 1 atom stereocenters. The number of carbonyl (C=O) groups is 2. The predicted molar refractivity (Wildman–Crippen MR) is 46.3 cm³/mol. The summed E-state index contributed by atoms with van der Waals surface area (Å²) in [7, 11) is 0. The van der Waals surface area contributed by atoms with Gasteiger partial charge in [-0.1, -0.05) is 0 Å². The molecule has 13 heavy (non-hydrogen) atoms. The number of carboxylic acid groups (broad SMARTS) is 1. The fourth-order valence-electron chi connectivity index (χ4n) is 0.839. The van der Waals surface area contributed by atoms with Crippen LogP contribution in [-0.4, -0.2) is 35.6 Å². The normalized spacial score (nSPS) is 17.9.